The molecule has 2 atom stereocenters. The molecule has 2 N–H and O–H groups in total. The van der Waals surface area contributed by atoms with Crippen LogP contribution in [0.25, 0.3) is 0 Å². The van der Waals surface area contributed by atoms with Crippen LogP contribution in [0.4, 0.5) is 0 Å². The van der Waals surface area contributed by atoms with Gasteiger partial charge in [0.1, 0.15) is 0 Å². The number of thiophene rings is 1. The highest BCUT2D eigenvalue weighted by atomic mass is 32.1. The Labute approximate surface area is 96.7 Å². The van der Waals surface area contributed by atoms with E-state index in [0.29, 0.717) is 11.3 Å². The van der Waals surface area contributed by atoms with Crippen molar-refractivity contribution in [3.05, 3.63) is 21.9 Å². The molecule has 1 aliphatic rings. The van der Waals surface area contributed by atoms with Gasteiger partial charge in [-0.25, -0.2) is 0 Å². The molecule has 0 radical (unpaired) electrons. The zero-order valence-electron chi connectivity index (χ0n) is 9.92. The minimum Gasteiger partial charge on any atom is -0.323 e. The van der Waals surface area contributed by atoms with Crippen LogP contribution in [-0.2, 0) is 0 Å². The molecule has 0 aliphatic heterocycles. The van der Waals surface area contributed by atoms with Gasteiger partial charge in [0.05, 0.1) is 0 Å². The highest BCUT2D eigenvalue weighted by Gasteiger charge is 2.39. The molecule has 0 saturated heterocycles. The van der Waals surface area contributed by atoms with E-state index >= 15 is 0 Å². The Bertz CT molecular complexity index is 340. The lowest BCUT2D eigenvalue weighted by molar-refractivity contribution is 0.223. The largest absolute Gasteiger partial charge is 0.323 e. The van der Waals surface area contributed by atoms with Gasteiger partial charge in [-0.05, 0) is 48.1 Å². The van der Waals surface area contributed by atoms with E-state index in [0.717, 1.165) is 0 Å². The molecule has 0 spiro atoms. The lowest BCUT2D eigenvalue weighted by Crippen LogP contribution is -2.29. The SMILES string of the molecule is Cc1ccsc1C(N)C1CCCC1(C)C. The van der Waals surface area contributed by atoms with Crippen molar-refractivity contribution in [2.75, 3.05) is 0 Å². The zero-order chi connectivity index (χ0) is 11.1. The topological polar surface area (TPSA) is 26.0 Å². The molecule has 84 valence electrons. The van der Waals surface area contributed by atoms with Crippen molar-refractivity contribution in [2.24, 2.45) is 17.1 Å². The van der Waals surface area contributed by atoms with Crippen LogP contribution in [0.3, 0.4) is 0 Å². The van der Waals surface area contributed by atoms with Crippen LogP contribution in [0, 0.1) is 18.3 Å². The number of hydrogen-bond acceptors (Lipinski definition) is 2. The molecule has 2 heteroatoms. The van der Waals surface area contributed by atoms with Crippen molar-refractivity contribution in [2.45, 2.75) is 46.1 Å². The standard InChI is InChI=1S/C13H21NS/c1-9-6-8-15-12(9)11(14)10-5-4-7-13(10,2)3/h6,8,10-11H,4-5,7,14H2,1-3H3. The maximum Gasteiger partial charge on any atom is 0.0426 e. The average Bonchev–Trinajstić information content (AvgIpc) is 2.70. The van der Waals surface area contributed by atoms with Crippen molar-refractivity contribution in [3.8, 4) is 0 Å². The average molecular weight is 223 g/mol. The van der Waals surface area contributed by atoms with E-state index in [-0.39, 0.29) is 6.04 Å². The summed E-state index contributed by atoms with van der Waals surface area (Å²) in [5.41, 5.74) is 8.23. The maximum absolute atomic E-state index is 6.43. The third-order valence-corrected chi connectivity index (χ3v) is 5.10. The number of hydrogen-bond donors (Lipinski definition) is 1. The minimum atomic E-state index is 0.252. The van der Waals surface area contributed by atoms with E-state index in [1.54, 1.807) is 0 Å². The van der Waals surface area contributed by atoms with E-state index in [2.05, 4.69) is 32.2 Å². The van der Waals surface area contributed by atoms with Gasteiger partial charge in [-0.3, -0.25) is 0 Å². The lowest BCUT2D eigenvalue weighted by Gasteiger charge is -2.31. The van der Waals surface area contributed by atoms with E-state index in [4.69, 9.17) is 5.73 Å². The normalized spacial score (nSPS) is 26.8. The van der Waals surface area contributed by atoms with Crippen LogP contribution in [-0.4, -0.2) is 0 Å². The molecule has 1 aliphatic carbocycles. The molecule has 2 rings (SSSR count). The number of nitrogens with two attached hydrogens (primary N) is 1. The highest BCUT2D eigenvalue weighted by molar-refractivity contribution is 7.10. The molecule has 1 saturated carbocycles. The van der Waals surface area contributed by atoms with Gasteiger partial charge in [-0.15, -0.1) is 11.3 Å². The lowest BCUT2D eigenvalue weighted by atomic mass is 9.77. The van der Waals surface area contributed by atoms with Gasteiger partial charge >= 0.3 is 0 Å². The Morgan fingerprint density at radius 1 is 1.53 bits per heavy atom. The van der Waals surface area contributed by atoms with Crippen molar-refractivity contribution in [1.82, 2.24) is 0 Å². The molecular formula is C13H21NS. The van der Waals surface area contributed by atoms with Crippen LogP contribution in [0.5, 0.6) is 0 Å². The van der Waals surface area contributed by atoms with Gasteiger partial charge < -0.3 is 5.73 Å². The summed E-state index contributed by atoms with van der Waals surface area (Å²) in [5.74, 6) is 0.662. The highest BCUT2D eigenvalue weighted by Crippen LogP contribution is 2.48. The molecule has 1 fully saturated rings. The van der Waals surface area contributed by atoms with Crippen LogP contribution in [0.2, 0.25) is 0 Å². The number of rotatable bonds is 2. The quantitative estimate of drug-likeness (QED) is 0.809. The first-order chi connectivity index (χ1) is 7.02. The molecule has 1 nitrogen and oxygen atoms in total. The predicted molar refractivity (Wildman–Crippen MR) is 67.1 cm³/mol. The van der Waals surface area contributed by atoms with Gasteiger partial charge in [-0.2, -0.15) is 0 Å². The van der Waals surface area contributed by atoms with Gasteiger partial charge in [0.25, 0.3) is 0 Å². The van der Waals surface area contributed by atoms with Crippen LogP contribution >= 0.6 is 11.3 Å². The van der Waals surface area contributed by atoms with E-state index in [1.165, 1.54) is 29.7 Å². The summed E-state index contributed by atoms with van der Waals surface area (Å²) >= 11 is 1.82. The molecule has 1 aromatic rings. The maximum atomic E-state index is 6.43. The summed E-state index contributed by atoms with van der Waals surface area (Å²) < 4.78 is 0. The second kappa shape index (κ2) is 3.91. The first-order valence-electron chi connectivity index (χ1n) is 5.82. The first-order valence-corrected chi connectivity index (χ1v) is 6.70. The van der Waals surface area contributed by atoms with Crippen LogP contribution in [0.1, 0.15) is 49.6 Å². The molecule has 1 aromatic heterocycles. The number of aryl methyl sites for hydroxylation is 1. The fourth-order valence-corrected chi connectivity index (χ4v) is 3.92. The first kappa shape index (κ1) is 11.2. The molecular weight excluding hydrogens is 202 g/mol. The fraction of sp³-hybridized carbons (Fsp3) is 0.692. The van der Waals surface area contributed by atoms with E-state index < -0.39 is 0 Å². The third-order valence-electron chi connectivity index (χ3n) is 3.98. The summed E-state index contributed by atoms with van der Waals surface area (Å²) in [6.45, 7) is 6.91. The Balaban J connectivity index is 2.21. The van der Waals surface area contributed by atoms with Gasteiger partial charge in [0.15, 0.2) is 0 Å². The smallest absolute Gasteiger partial charge is 0.0426 e. The fourth-order valence-electron chi connectivity index (χ4n) is 2.93. The zero-order valence-corrected chi connectivity index (χ0v) is 10.7. The molecule has 0 bridgehead atoms. The second-order valence-corrected chi connectivity index (χ2v) is 6.43. The second-order valence-electron chi connectivity index (χ2n) is 5.48. The minimum absolute atomic E-state index is 0.252. The van der Waals surface area contributed by atoms with Crippen molar-refractivity contribution >= 4 is 11.3 Å². The van der Waals surface area contributed by atoms with E-state index in [1.807, 2.05) is 11.3 Å². The predicted octanol–water partition coefficient (Wildman–Crippen LogP) is 3.88. The summed E-state index contributed by atoms with van der Waals surface area (Å²) in [4.78, 5) is 1.40. The molecule has 0 amide bonds. The van der Waals surface area contributed by atoms with E-state index in [9.17, 15) is 0 Å². The van der Waals surface area contributed by atoms with Crippen molar-refractivity contribution in [1.29, 1.82) is 0 Å². The van der Waals surface area contributed by atoms with Crippen LogP contribution < -0.4 is 5.73 Å². The Morgan fingerprint density at radius 3 is 2.73 bits per heavy atom. The van der Waals surface area contributed by atoms with Crippen molar-refractivity contribution < 1.29 is 0 Å². The summed E-state index contributed by atoms with van der Waals surface area (Å²) in [5, 5.41) is 2.16. The molecule has 2 unspecified atom stereocenters. The third kappa shape index (κ3) is 1.98. The Kier molecular flexibility index (Phi) is 2.91. The molecule has 1 heterocycles. The van der Waals surface area contributed by atoms with Gasteiger partial charge in [0, 0.05) is 10.9 Å². The van der Waals surface area contributed by atoms with Gasteiger partial charge in [0.2, 0.25) is 0 Å². The molecule has 0 aromatic carbocycles. The summed E-state index contributed by atoms with van der Waals surface area (Å²) in [6.07, 6.45) is 3.97. The summed E-state index contributed by atoms with van der Waals surface area (Å²) in [7, 11) is 0. The summed E-state index contributed by atoms with van der Waals surface area (Å²) in [6, 6.07) is 2.43. The Morgan fingerprint density at radius 2 is 2.27 bits per heavy atom. The van der Waals surface area contributed by atoms with Gasteiger partial charge in [-0.1, -0.05) is 20.3 Å². The van der Waals surface area contributed by atoms with Crippen LogP contribution in [0.15, 0.2) is 11.4 Å². The molecule has 15 heavy (non-hydrogen) atoms. The monoisotopic (exact) mass is 223 g/mol. The van der Waals surface area contributed by atoms with Crippen molar-refractivity contribution in [3.63, 3.8) is 0 Å². The Hall–Kier alpha value is -0.340.